The van der Waals surface area contributed by atoms with Crippen molar-refractivity contribution in [2.75, 3.05) is 6.61 Å². The predicted molar refractivity (Wildman–Crippen MR) is 67.4 cm³/mol. The lowest BCUT2D eigenvalue weighted by molar-refractivity contribution is -0.119. The molecule has 0 atom stereocenters. The maximum Gasteiger partial charge on any atom is 0.246 e. The van der Waals surface area contributed by atoms with Gasteiger partial charge in [-0.2, -0.15) is 0 Å². The summed E-state index contributed by atoms with van der Waals surface area (Å²) in [5.41, 5.74) is 0.139. The number of rotatable bonds is 5. The average molecular weight is 227 g/mol. The largest absolute Gasteiger partial charge is 0.376 e. The summed E-state index contributed by atoms with van der Waals surface area (Å²) in [4.78, 5) is 11.5. The molecular formula is C13H25NO2. The summed E-state index contributed by atoms with van der Waals surface area (Å²) in [6.45, 7) is 16.0. The van der Waals surface area contributed by atoms with Gasteiger partial charge in [-0.3, -0.25) is 4.79 Å². The van der Waals surface area contributed by atoms with Gasteiger partial charge in [-0.1, -0.05) is 6.58 Å². The minimum atomic E-state index is -0.263. The summed E-state index contributed by atoms with van der Waals surface area (Å²) in [5.74, 6) is -0.0965. The molecule has 0 bridgehead atoms. The molecule has 0 fully saturated rings. The van der Waals surface area contributed by atoms with Crippen LogP contribution in [0.15, 0.2) is 12.2 Å². The smallest absolute Gasteiger partial charge is 0.246 e. The van der Waals surface area contributed by atoms with Crippen LogP contribution in [0.2, 0.25) is 0 Å². The number of ether oxygens (including phenoxy) is 1. The van der Waals surface area contributed by atoms with E-state index in [-0.39, 0.29) is 17.0 Å². The van der Waals surface area contributed by atoms with Crippen molar-refractivity contribution in [2.24, 2.45) is 0 Å². The van der Waals surface area contributed by atoms with Gasteiger partial charge in [0.05, 0.1) is 5.60 Å². The Bertz CT molecular complexity index is 262. The minimum Gasteiger partial charge on any atom is -0.376 e. The number of nitrogens with one attached hydrogen (secondary N) is 1. The molecule has 0 aliphatic carbocycles. The lowest BCUT2D eigenvalue weighted by Crippen LogP contribution is -2.44. The number of hydrogen-bond donors (Lipinski definition) is 1. The fourth-order valence-electron chi connectivity index (χ4n) is 1.09. The molecule has 94 valence electrons. The van der Waals surface area contributed by atoms with E-state index in [1.54, 1.807) is 6.92 Å². The zero-order chi connectivity index (χ0) is 13.0. The maximum atomic E-state index is 11.5. The van der Waals surface area contributed by atoms with Crippen LogP contribution in [0.5, 0.6) is 0 Å². The summed E-state index contributed by atoms with van der Waals surface area (Å²) >= 11 is 0. The third kappa shape index (κ3) is 7.46. The van der Waals surface area contributed by atoms with Crippen LogP contribution < -0.4 is 5.32 Å². The average Bonchev–Trinajstić information content (AvgIpc) is 1.99. The van der Waals surface area contributed by atoms with Crippen LogP contribution in [0.4, 0.5) is 0 Å². The second-order valence-electron chi connectivity index (χ2n) is 5.83. The second kappa shape index (κ2) is 5.48. The van der Waals surface area contributed by atoms with Gasteiger partial charge in [0.1, 0.15) is 0 Å². The summed E-state index contributed by atoms with van der Waals surface area (Å²) in [5, 5.41) is 2.92. The van der Waals surface area contributed by atoms with Gasteiger partial charge in [0.25, 0.3) is 0 Å². The first-order valence-electron chi connectivity index (χ1n) is 5.65. The van der Waals surface area contributed by atoms with Crippen LogP contribution in [-0.4, -0.2) is 23.7 Å². The quantitative estimate of drug-likeness (QED) is 0.733. The summed E-state index contributed by atoms with van der Waals surface area (Å²) < 4.78 is 5.63. The molecule has 16 heavy (non-hydrogen) atoms. The normalized spacial score (nSPS) is 12.4. The second-order valence-corrected chi connectivity index (χ2v) is 5.83. The van der Waals surface area contributed by atoms with E-state index in [1.807, 2.05) is 34.6 Å². The van der Waals surface area contributed by atoms with Crippen molar-refractivity contribution in [1.82, 2.24) is 5.32 Å². The van der Waals surface area contributed by atoms with Crippen LogP contribution in [-0.2, 0) is 9.53 Å². The highest BCUT2D eigenvalue weighted by Gasteiger charge is 2.21. The summed E-state index contributed by atoms with van der Waals surface area (Å²) in [6.07, 6.45) is 0.781. The molecule has 0 heterocycles. The minimum absolute atomic E-state index is 0.0965. The van der Waals surface area contributed by atoms with Crippen LogP contribution in [0, 0.1) is 0 Å². The molecule has 0 unspecified atom stereocenters. The Balaban J connectivity index is 4.06. The van der Waals surface area contributed by atoms with E-state index in [0.717, 1.165) is 6.42 Å². The van der Waals surface area contributed by atoms with Crippen molar-refractivity contribution in [3.05, 3.63) is 12.2 Å². The van der Waals surface area contributed by atoms with Gasteiger partial charge in [-0.15, -0.1) is 0 Å². The molecule has 0 saturated carbocycles. The lowest BCUT2D eigenvalue weighted by Gasteiger charge is -2.28. The fraction of sp³-hybridized carbons (Fsp3) is 0.769. The van der Waals surface area contributed by atoms with Crippen molar-refractivity contribution in [3.8, 4) is 0 Å². The van der Waals surface area contributed by atoms with Gasteiger partial charge in [-0.05, 0) is 48.0 Å². The van der Waals surface area contributed by atoms with E-state index < -0.39 is 0 Å². The standard InChI is InChI=1S/C13H25NO2/c1-10(2)11(15)14-13(6,7)8-9-16-12(3,4)5/h1,8-9H2,2-7H3,(H,14,15). The highest BCUT2D eigenvalue weighted by Crippen LogP contribution is 2.13. The highest BCUT2D eigenvalue weighted by atomic mass is 16.5. The van der Waals surface area contributed by atoms with Crippen molar-refractivity contribution in [2.45, 2.75) is 59.1 Å². The van der Waals surface area contributed by atoms with Crippen molar-refractivity contribution >= 4 is 5.91 Å². The Morgan fingerprint density at radius 2 is 1.75 bits per heavy atom. The predicted octanol–water partition coefficient (Wildman–Crippen LogP) is 2.66. The van der Waals surface area contributed by atoms with Crippen molar-refractivity contribution in [3.63, 3.8) is 0 Å². The van der Waals surface area contributed by atoms with E-state index in [9.17, 15) is 4.79 Å². The number of hydrogen-bond acceptors (Lipinski definition) is 2. The Morgan fingerprint density at radius 1 is 1.25 bits per heavy atom. The first-order chi connectivity index (χ1) is 7.03. The van der Waals surface area contributed by atoms with Crippen molar-refractivity contribution < 1.29 is 9.53 Å². The molecule has 0 aliphatic rings. The Labute approximate surface area is 99.3 Å². The summed E-state index contributed by atoms with van der Waals surface area (Å²) in [6, 6.07) is 0. The van der Waals surface area contributed by atoms with E-state index in [4.69, 9.17) is 4.74 Å². The number of carbonyl (C=O) groups excluding carboxylic acids is 1. The molecule has 0 aromatic rings. The van der Waals surface area contributed by atoms with Crippen LogP contribution in [0.25, 0.3) is 0 Å². The molecular weight excluding hydrogens is 202 g/mol. The first-order valence-corrected chi connectivity index (χ1v) is 5.65. The highest BCUT2D eigenvalue weighted by molar-refractivity contribution is 5.92. The molecule has 0 saturated heterocycles. The van der Waals surface area contributed by atoms with E-state index in [0.29, 0.717) is 12.2 Å². The maximum absolute atomic E-state index is 11.5. The zero-order valence-electron chi connectivity index (χ0n) is 11.4. The topological polar surface area (TPSA) is 38.3 Å². The van der Waals surface area contributed by atoms with E-state index in [1.165, 1.54) is 0 Å². The molecule has 1 amide bonds. The molecule has 0 spiro atoms. The monoisotopic (exact) mass is 227 g/mol. The lowest BCUT2D eigenvalue weighted by atomic mass is 10.0. The van der Waals surface area contributed by atoms with E-state index in [2.05, 4.69) is 11.9 Å². The molecule has 0 aromatic heterocycles. The Morgan fingerprint density at radius 3 is 2.12 bits per heavy atom. The molecule has 3 nitrogen and oxygen atoms in total. The molecule has 0 aromatic carbocycles. The van der Waals surface area contributed by atoms with Gasteiger partial charge < -0.3 is 10.1 Å². The molecule has 0 aliphatic heterocycles. The molecule has 0 radical (unpaired) electrons. The van der Waals surface area contributed by atoms with Gasteiger partial charge in [0, 0.05) is 17.7 Å². The van der Waals surface area contributed by atoms with Crippen molar-refractivity contribution in [1.29, 1.82) is 0 Å². The van der Waals surface area contributed by atoms with Gasteiger partial charge in [0.2, 0.25) is 5.91 Å². The Kier molecular flexibility index (Phi) is 5.20. The summed E-state index contributed by atoms with van der Waals surface area (Å²) in [7, 11) is 0. The van der Waals surface area contributed by atoms with Gasteiger partial charge in [0.15, 0.2) is 0 Å². The van der Waals surface area contributed by atoms with Crippen LogP contribution >= 0.6 is 0 Å². The molecule has 1 N–H and O–H groups in total. The first kappa shape index (κ1) is 15.2. The molecule has 0 rings (SSSR count). The third-order valence-electron chi connectivity index (χ3n) is 2.10. The zero-order valence-corrected chi connectivity index (χ0v) is 11.4. The van der Waals surface area contributed by atoms with Gasteiger partial charge in [-0.25, -0.2) is 0 Å². The third-order valence-corrected chi connectivity index (χ3v) is 2.10. The van der Waals surface area contributed by atoms with Crippen LogP contribution in [0.1, 0.15) is 48.0 Å². The van der Waals surface area contributed by atoms with Gasteiger partial charge >= 0.3 is 0 Å². The Hall–Kier alpha value is -0.830. The van der Waals surface area contributed by atoms with E-state index >= 15 is 0 Å². The SMILES string of the molecule is C=C(C)C(=O)NC(C)(C)CCOC(C)(C)C. The molecule has 3 heteroatoms. The fourth-order valence-corrected chi connectivity index (χ4v) is 1.09. The number of carbonyl (C=O) groups is 1. The van der Waals surface area contributed by atoms with Crippen LogP contribution in [0.3, 0.4) is 0 Å². The number of amides is 1.